The monoisotopic (exact) mass is 528 g/mol. The fourth-order valence-corrected chi connectivity index (χ4v) is 10.8. The van der Waals surface area contributed by atoms with E-state index in [-0.39, 0.29) is 11.3 Å². The minimum absolute atomic E-state index is 0.0983. The molecule has 0 amide bonds. The van der Waals surface area contributed by atoms with Crippen LogP contribution in [0, 0.1) is 34.5 Å². The fourth-order valence-electron chi connectivity index (χ4n) is 9.75. The maximum absolute atomic E-state index is 11.9. The van der Waals surface area contributed by atoms with Crippen molar-refractivity contribution in [3.63, 3.8) is 0 Å². The summed E-state index contributed by atoms with van der Waals surface area (Å²) in [5.74, 6) is 3.01. The number of fused-ring (bicyclic) bond motifs is 5. The van der Waals surface area contributed by atoms with Crippen molar-refractivity contribution in [3.8, 4) is 0 Å². The molecule has 182 valence electrons. The third-order valence-corrected chi connectivity index (χ3v) is 12.1. The number of carbonyl (C=O) groups is 1. The van der Waals surface area contributed by atoms with Crippen LogP contribution in [0.4, 0.5) is 0 Å². The van der Waals surface area contributed by atoms with Crippen LogP contribution in [-0.2, 0) is 4.79 Å². The van der Waals surface area contributed by atoms with Gasteiger partial charge in [-0.1, -0.05) is 89.5 Å². The van der Waals surface area contributed by atoms with E-state index in [0.29, 0.717) is 16.2 Å². The number of hydrogen-bond acceptors (Lipinski definition) is 1. The number of carbonyl (C=O) groups excluding carboxylic acids is 1. The molecule has 0 saturated heterocycles. The first kappa shape index (κ1) is 22.5. The molecule has 0 heterocycles. The smallest absolute Gasteiger partial charge is 0.126 e. The van der Waals surface area contributed by atoms with Gasteiger partial charge in [-0.2, -0.15) is 0 Å². The van der Waals surface area contributed by atoms with Crippen LogP contribution < -0.4 is 0 Å². The van der Waals surface area contributed by atoms with Gasteiger partial charge in [-0.15, -0.1) is 0 Å². The van der Waals surface area contributed by atoms with Gasteiger partial charge in [0.2, 0.25) is 0 Å². The second kappa shape index (κ2) is 8.17. The molecule has 0 aliphatic heterocycles. The van der Waals surface area contributed by atoms with Crippen LogP contribution in [0.3, 0.4) is 0 Å². The van der Waals surface area contributed by atoms with Gasteiger partial charge in [0.15, 0.2) is 0 Å². The highest BCUT2D eigenvalue weighted by atomic mass is 79.9. The standard InChI is InChI=1S/C33H37BrO/c1-32-14-4-9-27(32)26-18-30(34)29-17-21(20-35)12-16-33(29,28(26)13-15-32)19-24-11-10-23-6-2-5-22-7-3-8-25(24)31(22)23/h2-3,5-8,10-11,17,20-21,24,26-28,30H,4,9,12-16,18-19H2,1H3/t21?,24?,26-,27-,28-,30+,32-,33-/m0/s1. The van der Waals surface area contributed by atoms with E-state index in [1.165, 1.54) is 79.6 Å². The molecule has 0 radical (unpaired) electrons. The lowest BCUT2D eigenvalue weighted by Gasteiger charge is -2.61. The Morgan fingerprint density at radius 3 is 2.74 bits per heavy atom. The summed E-state index contributed by atoms with van der Waals surface area (Å²) in [5.41, 5.74) is 5.24. The molecule has 2 unspecified atom stereocenters. The van der Waals surface area contributed by atoms with E-state index in [0.717, 1.165) is 24.2 Å². The van der Waals surface area contributed by atoms with Gasteiger partial charge in [0, 0.05) is 16.7 Å². The van der Waals surface area contributed by atoms with Crippen LogP contribution >= 0.6 is 15.9 Å². The molecule has 2 heteroatoms. The summed E-state index contributed by atoms with van der Waals surface area (Å²) in [4.78, 5) is 12.3. The summed E-state index contributed by atoms with van der Waals surface area (Å²) in [6.07, 6.45) is 20.2. The maximum Gasteiger partial charge on any atom is 0.126 e. The predicted octanol–water partition coefficient (Wildman–Crippen LogP) is 8.86. The van der Waals surface area contributed by atoms with E-state index < -0.39 is 0 Å². The van der Waals surface area contributed by atoms with E-state index in [2.05, 4.69) is 77.5 Å². The van der Waals surface area contributed by atoms with Crippen molar-refractivity contribution in [2.45, 2.75) is 75.5 Å². The lowest BCUT2D eigenvalue weighted by Crippen LogP contribution is -2.53. The van der Waals surface area contributed by atoms with Crippen molar-refractivity contribution in [1.82, 2.24) is 0 Å². The van der Waals surface area contributed by atoms with Gasteiger partial charge >= 0.3 is 0 Å². The lowest BCUT2D eigenvalue weighted by molar-refractivity contribution is -0.111. The van der Waals surface area contributed by atoms with Crippen molar-refractivity contribution < 1.29 is 4.79 Å². The Morgan fingerprint density at radius 2 is 1.89 bits per heavy atom. The Labute approximate surface area is 218 Å². The van der Waals surface area contributed by atoms with Crippen LogP contribution in [0.1, 0.15) is 81.8 Å². The molecule has 5 aliphatic rings. The van der Waals surface area contributed by atoms with E-state index in [4.69, 9.17) is 0 Å². The number of halogens is 1. The van der Waals surface area contributed by atoms with Gasteiger partial charge in [-0.05, 0) is 102 Å². The van der Waals surface area contributed by atoms with Crippen molar-refractivity contribution in [2.24, 2.45) is 34.5 Å². The van der Waals surface area contributed by atoms with Crippen LogP contribution in [-0.4, -0.2) is 11.1 Å². The van der Waals surface area contributed by atoms with Gasteiger partial charge < -0.3 is 4.79 Å². The minimum Gasteiger partial charge on any atom is -0.303 e. The Kier molecular flexibility index (Phi) is 5.26. The Balaban J connectivity index is 1.34. The molecule has 8 atom stereocenters. The highest BCUT2D eigenvalue weighted by molar-refractivity contribution is 9.09. The summed E-state index contributed by atoms with van der Waals surface area (Å²) in [5, 5.41) is 2.83. The van der Waals surface area contributed by atoms with Gasteiger partial charge in [-0.25, -0.2) is 0 Å². The number of hydrogen-bond donors (Lipinski definition) is 0. The zero-order valence-electron chi connectivity index (χ0n) is 20.9. The topological polar surface area (TPSA) is 17.1 Å². The molecule has 0 N–H and O–H groups in total. The molecule has 35 heavy (non-hydrogen) atoms. The second-order valence-corrected chi connectivity index (χ2v) is 13.8. The molecule has 5 aliphatic carbocycles. The van der Waals surface area contributed by atoms with E-state index in [1.54, 1.807) is 5.57 Å². The molecular formula is C33H37BrO. The van der Waals surface area contributed by atoms with E-state index in [1.807, 2.05) is 0 Å². The average Bonchev–Trinajstić information content (AvgIpc) is 3.28. The maximum atomic E-state index is 11.9. The summed E-state index contributed by atoms with van der Waals surface area (Å²) >= 11 is 4.22. The molecule has 0 aromatic heterocycles. The Hall–Kier alpha value is -1.67. The minimum atomic E-state index is 0.0983. The van der Waals surface area contributed by atoms with Gasteiger partial charge in [0.1, 0.15) is 6.29 Å². The quantitative estimate of drug-likeness (QED) is 0.221. The van der Waals surface area contributed by atoms with E-state index >= 15 is 0 Å². The molecule has 3 saturated carbocycles. The van der Waals surface area contributed by atoms with Crippen LogP contribution in [0.5, 0.6) is 0 Å². The first-order chi connectivity index (χ1) is 17.0. The summed E-state index contributed by atoms with van der Waals surface area (Å²) < 4.78 is 0. The molecule has 3 fully saturated rings. The number of allylic oxidation sites excluding steroid dienone is 3. The molecule has 7 rings (SSSR count). The lowest BCUT2D eigenvalue weighted by atomic mass is 9.45. The SMILES string of the molecule is C[C@@]12CCC[C@H]1[C@@H]1C[C@@H](Br)C3=CC(C=O)CC[C@]3(CC3C=Cc4cccc5cccc3c45)[C@H]1CC2. The third-order valence-electron chi connectivity index (χ3n) is 11.3. The van der Waals surface area contributed by atoms with Gasteiger partial charge in [-0.3, -0.25) is 0 Å². The molecular weight excluding hydrogens is 492 g/mol. The number of benzene rings is 2. The average molecular weight is 530 g/mol. The van der Waals surface area contributed by atoms with Crippen LogP contribution in [0.15, 0.2) is 54.1 Å². The van der Waals surface area contributed by atoms with E-state index in [9.17, 15) is 4.79 Å². The van der Waals surface area contributed by atoms with Crippen molar-refractivity contribution in [3.05, 3.63) is 65.3 Å². The highest BCUT2D eigenvalue weighted by Gasteiger charge is 2.59. The van der Waals surface area contributed by atoms with Crippen molar-refractivity contribution in [1.29, 1.82) is 0 Å². The number of rotatable bonds is 3. The predicted molar refractivity (Wildman–Crippen MR) is 149 cm³/mol. The molecule has 2 aromatic rings. The van der Waals surface area contributed by atoms with Crippen molar-refractivity contribution >= 4 is 39.1 Å². The van der Waals surface area contributed by atoms with Crippen molar-refractivity contribution in [2.75, 3.05) is 0 Å². The highest BCUT2D eigenvalue weighted by Crippen LogP contribution is 2.68. The Bertz CT molecular complexity index is 1240. The molecule has 0 bridgehead atoms. The second-order valence-electron chi connectivity index (χ2n) is 12.7. The molecule has 0 spiro atoms. The first-order valence-electron chi connectivity index (χ1n) is 14.0. The van der Waals surface area contributed by atoms with Gasteiger partial charge in [0.25, 0.3) is 0 Å². The largest absolute Gasteiger partial charge is 0.303 e. The number of aldehydes is 1. The van der Waals surface area contributed by atoms with Crippen LogP contribution in [0.2, 0.25) is 0 Å². The summed E-state index contributed by atoms with van der Waals surface area (Å²) in [6.45, 7) is 2.60. The summed E-state index contributed by atoms with van der Waals surface area (Å²) in [6, 6.07) is 13.6. The zero-order chi connectivity index (χ0) is 23.8. The molecule has 1 nitrogen and oxygen atoms in total. The number of alkyl halides is 1. The normalized spacial score (nSPS) is 41.6. The molecule has 2 aromatic carbocycles. The zero-order valence-corrected chi connectivity index (χ0v) is 22.5. The summed E-state index contributed by atoms with van der Waals surface area (Å²) in [7, 11) is 0. The first-order valence-corrected chi connectivity index (χ1v) is 15.0. The fraction of sp³-hybridized carbons (Fsp3) is 0.545. The van der Waals surface area contributed by atoms with Gasteiger partial charge in [0.05, 0.1) is 0 Å². The van der Waals surface area contributed by atoms with Crippen LogP contribution in [0.25, 0.3) is 16.8 Å². The third kappa shape index (κ3) is 3.27. The Morgan fingerprint density at radius 1 is 1.03 bits per heavy atom.